The maximum absolute atomic E-state index is 12.6. The van der Waals surface area contributed by atoms with Crippen LogP contribution in [0.2, 0.25) is 0 Å². The van der Waals surface area contributed by atoms with E-state index < -0.39 is 0 Å². The molecule has 1 aliphatic heterocycles. The summed E-state index contributed by atoms with van der Waals surface area (Å²) in [5.74, 6) is 0.0308. The summed E-state index contributed by atoms with van der Waals surface area (Å²) >= 11 is 1.73. The number of carbonyl (C=O) groups is 1. The van der Waals surface area contributed by atoms with Crippen molar-refractivity contribution in [1.29, 1.82) is 0 Å². The minimum atomic E-state index is 0.0308. The summed E-state index contributed by atoms with van der Waals surface area (Å²) in [5.41, 5.74) is 3.14. The Bertz CT molecular complexity index is 694. The van der Waals surface area contributed by atoms with E-state index in [1.807, 2.05) is 26.0 Å². The molecule has 1 saturated heterocycles. The Morgan fingerprint density at radius 1 is 1.36 bits per heavy atom. The highest BCUT2D eigenvalue weighted by atomic mass is 32.1. The molecule has 2 heterocycles. The van der Waals surface area contributed by atoms with E-state index in [9.17, 15) is 4.79 Å². The first-order valence-corrected chi connectivity index (χ1v) is 9.71. The van der Waals surface area contributed by atoms with Crippen LogP contribution in [0, 0.1) is 13.8 Å². The maximum atomic E-state index is 12.6. The summed E-state index contributed by atoms with van der Waals surface area (Å²) in [4.78, 5) is 16.1. The van der Waals surface area contributed by atoms with Crippen molar-refractivity contribution in [2.45, 2.75) is 39.3 Å². The number of rotatable bonds is 7. The van der Waals surface area contributed by atoms with Gasteiger partial charge >= 0.3 is 0 Å². The topological polar surface area (TPSA) is 41.6 Å². The van der Waals surface area contributed by atoms with Gasteiger partial charge in [-0.05, 0) is 55.3 Å². The lowest BCUT2D eigenvalue weighted by molar-refractivity contribution is -0.117. The fourth-order valence-corrected chi connectivity index (χ4v) is 3.89. The molecule has 5 heteroatoms. The first kappa shape index (κ1) is 18.1. The summed E-state index contributed by atoms with van der Waals surface area (Å²) < 4.78 is 5.77. The molecule has 25 heavy (non-hydrogen) atoms. The minimum Gasteiger partial charge on any atom is -0.377 e. The third-order valence-corrected chi connectivity index (χ3v) is 5.34. The van der Waals surface area contributed by atoms with Crippen molar-refractivity contribution in [3.05, 3.63) is 51.7 Å². The van der Waals surface area contributed by atoms with Crippen molar-refractivity contribution in [1.82, 2.24) is 4.90 Å². The van der Waals surface area contributed by atoms with Gasteiger partial charge in [-0.1, -0.05) is 18.2 Å². The zero-order valence-electron chi connectivity index (χ0n) is 15.0. The summed E-state index contributed by atoms with van der Waals surface area (Å²) in [5, 5.41) is 5.15. The van der Waals surface area contributed by atoms with Gasteiger partial charge in [0, 0.05) is 30.3 Å². The van der Waals surface area contributed by atoms with Gasteiger partial charge in [0.25, 0.3) is 0 Å². The van der Waals surface area contributed by atoms with Crippen LogP contribution >= 0.6 is 11.3 Å². The monoisotopic (exact) mass is 358 g/mol. The molecule has 1 aromatic carbocycles. The van der Waals surface area contributed by atoms with Crippen LogP contribution in [0.3, 0.4) is 0 Å². The molecule has 1 amide bonds. The smallest absolute Gasteiger partial charge is 0.238 e. The Hall–Kier alpha value is -1.69. The molecule has 0 saturated carbocycles. The van der Waals surface area contributed by atoms with Gasteiger partial charge in [-0.25, -0.2) is 0 Å². The third-order valence-electron chi connectivity index (χ3n) is 4.48. The van der Waals surface area contributed by atoms with Crippen LogP contribution in [0.1, 0.15) is 28.8 Å². The zero-order chi connectivity index (χ0) is 17.6. The lowest BCUT2D eigenvalue weighted by Crippen LogP contribution is -2.37. The average Bonchev–Trinajstić information content (AvgIpc) is 3.25. The normalized spacial score (nSPS) is 17.2. The number of hydrogen-bond donors (Lipinski definition) is 1. The van der Waals surface area contributed by atoms with Crippen molar-refractivity contribution in [2.75, 3.05) is 25.0 Å². The van der Waals surface area contributed by atoms with Crippen LogP contribution in [0.5, 0.6) is 0 Å². The van der Waals surface area contributed by atoms with Crippen LogP contribution in [0.4, 0.5) is 5.69 Å². The van der Waals surface area contributed by atoms with E-state index in [-0.39, 0.29) is 12.0 Å². The van der Waals surface area contributed by atoms with Crippen molar-refractivity contribution >= 4 is 22.9 Å². The van der Waals surface area contributed by atoms with Gasteiger partial charge in [0.2, 0.25) is 5.91 Å². The number of hydrogen-bond acceptors (Lipinski definition) is 4. The molecule has 134 valence electrons. The van der Waals surface area contributed by atoms with E-state index in [0.717, 1.165) is 49.4 Å². The SMILES string of the molecule is Cc1ccc(C)c(NC(=O)CN(Cc2cccs2)CC2CCCO2)c1. The number of benzene rings is 1. The Balaban J connectivity index is 1.63. The van der Waals surface area contributed by atoms with Gasteiger partial charge < -0.3 is 10.1 Å². The molecule has 0 aliphatic carbocycles. The number of anilines is 1. The highest BCUT2D eigenvalue weighted by Gasteiger charge is 2.21. The van der Waals surface area contributed by atoms with E-state index in [0.29, 0.717) is 6.54 Å². The van der Waals surface area contributed by atoms with Gasteiger partial charge in [-0.15, -0.1) is 11.3 Å². The molecule has 1 unspecified atom stereocenters. The van der Waals surface area contributed by atoms with Gasteiger partial charge in [0.05, 0.1) is 12.6 Å². The Morgan fingerprint density at radius 2 is 2.24 bits per heavy atom. The zero-order valence-corrected chi connectivity index (χ0v) is 15.8. The molecule has 0 bridgehead atoms. The van der Waals surface area contributed by atoms with Crippen LogP contribution in [0.25, 0.3) is 0 Å². The second-order valence-corrected chi connectivity index (χ2v) is 7.78. The van der Waals surface area contributed by atoms with Crippen LogP contribution in [-0.2, 0) is 16.1 Å². The Morgan fingerprint density at radius 3 is 2.96 bits per heavy atom. The van der Waals surface area contributed by atoms with Gasteiger partial charge in [-0.3, -0.25) is 9.69 Å². The molecule has 1 fully saturated rings. The van der Waals surface area contributed by atoms with Crippen LogP contribution in [0.15, 0.2) is 35.7 Å². The number of nitrogens with one attached hydrogen (secondary N) is 1. The largest absolute Gasteiger partial charge is 0.377 e. The number of nitrogens with zero attached hydrogens (tertiary/aromatic N) is 1. The van der Waals surface area contributed by atoms with E-state index in [2.05, 4.69) is 33.8 Å². The molecule has 4 nitrogen and oxygen atoms in total. The molecule has 1 aliphatic rings. The van der Waals surface area contributed by atoms with Crippen molar-refractivity contribution in [3.8, 4) is 0 Å². The number of thiophene rings is 1. The summed E-state index contributed by atoms with van der Waals surface area (Å²) in [6.45, 7) is 6.87. The van der Waals surface area contributed by atoms with E-state index in [1.165, 1.54) is 4.88 Å². The van der Waals surface area contributed by atoms with E-state index >= 15 is 0 Å². The molecular weight excluding hydrogens is 332 g/mol. The van der Waals surface area contributed by atoms with Gasteiger partial charge in [0.15, 0.2) is 0 Å². The molecule has 1 aromatic heterocycles. The number of carbonyl (C=O) groups excluding carboxylic acids is 1. The molecule has 3 rings (SSSR count). The third kappa shape index (κ3) is 5.39. The fourth-order valence-electron chi connectivity index (χ4n) is 3.15. The number of amides is 1. The van der Waals surface area contributed by atoms with Crippen molar-refractivity contribution in [2.24, 2.45) is 0 Å². The van der Waals surface area contributed by atoms with Crippen molar-refractivity contribution in [3.63, 3.8) is 0 Å². The van der Waals surface area contributed by atoms with Gasteiger partial charge in [-0.2, -0.15) is 0 Å². The second-order valence-electron chi connectivity index (χ2n) is 6.75. The lowest BCUT2D eigenvalue weighted by Gasteiger charge is -2.24. The molecular formula is C20H26N2O2S. The molecule has 1 N–H and O–H groups in total. The standard InChI is InChI=1S/C20H26N2O2S/c1-15-7-8-16(2)19(11-15)21-20(23)14-22(12-17-5-3-9-24-17)13-18-6-4-10-25-18/h4,6-8,10-11,17H,3,5,9,12-14H2,1-2H3,(H,21,23). The first-order chi connectivity index (χ1) is 12.1. The first-order valence-electron chi connectivity index (χ1n) is 8.83. The van der Waals surface area contributed by atoms with Crippen LogP contribution < -0.4 is 5.32 Å². The predicted molar refractivity (Wildman–Crippen MR) is 103 cm³/mol. The molecule has 0 spiro atoms. The molecule has 1 atom stereocenters. The highest BCUT2D eigenvalue weighted by molar-refractivity contribution is 7.09. The highest BCUT2D eigenvalue weighted by Crippen LogP contribution is 2.19. The predicted octanol–water partition coefficient (Wildman–Crippen LogP) is 3.98. The lowest BCUT2D eigenvalue weighted by atomic mass is 10.1. The summed E-state index contributed by atoms with van der Waals surface area (Å²) in [6, 6.07) is 10.3. The van der Waals surface area contributed by atoms with Gasteiger partial charge in [0.1, 0.15) is 0 Å². The fraction of sp³-hybridized carbons (Fsp3) is 0.450. The summed E-state index contributed by atoms with van der Waals surface area (Å²) in [6.07, 6.45) is 2.44. The summed E-state index contributed by atoms with van der Waals surface area (Å²) in [7, 11) is 0. The Kier molecular flexibility index (Phi) is 6.24. The van der Waals surface area contributed by atoms with Crippen molar-refractivity contribution < 1.29 is 9.53 Å². The minimum absolute atomic E-state index is 0.0308. The average molecular weight is 359 g/mol. The van der Waals surface area contributed by atoms with Crippen LogP contribution in [-0.4, -0.2) is 36.6 Å². The number of ether oxygens (including phenoxy) is 1. The molecule has 2 aromatic rings. The Labute approximate surface area is 153 Å². The second kappa shape index (κ2) is 8.61. The quantitative estimate of drug-likeness (QED) is 0.814. The number of aryl methyl sites for hydroxylation is 2. The van der Waals surface area contributed by atoms with E-state index in [4.69, 9.17) is 4.74 Å². The molecule has 0 radical (unpaired) electrons. The maximum Gasteiger partial charge on any atom is 0.238 e. The van der Waals surface area contributed by atoms with E-state index in [1.54, 1.807) is 11.3 Å².